The van der Waals surface area contributed by atoms with Gasteiger partial charge in [0.2, 0.25) is 5.82 Å². The zero-order chi connectivity index (χ0) is 30.2. The third-order valence-electron chi connectivity index (χ3n) is 6.22. The summed E-state index contributed by atoms with van der Waals surface area (Å²) in [7, 11) is 1.98. The molecule has 10 heteroatoms. The second-order valence-corrected chi connectivity index (χ2v) is 13.0. The van der Waals surface area contributed by atoms with Gasteiger partial charge < -0.3 is 9.29 Å². The van der Waals surface area contributed by atoms with Crippen LogP contribution in [-0.2, 0) is 14.9 Å². The molecule has 0 amide bonds. The third kappa shape index (κ3) is 6.97. The van der Waals surface area contributed by atoms with Gasteiger partial charge in [0.15, 0.2) is 0 Å². The molecule has 0 unspecified atom stereocenters. The molecule has 0 spiro atoms. The van der Waals surface area contributed by atoms with Gasteiger partial charge in [-0.1, -0.05) is 29.8 Å². The smallest absolute Gasteiger partial charge is 0.419 e. The first-order valence-electron chi connectivity index (χ1n) is 13.0. The molecule has 0 aliphatic carbocycles. The molecule has 5 rings (SSSR count). The van der Waals surface area contributed by atoms with Crippen LogP contribution in [0, 0.1) is 6.92 Å². The number of aryl methyl sites for hydroxylation is 1. The molecule has 5 aromatic rings. The lowest BCUT2D eigenvalue weighted by atomic mass is 10.1. The van der Waals surface area contributed by atoms with Crippen LogP contribution in [-0.4, -0.2) is 60.3 Å². The summed E-state index contributed by atoms with van der Waals surface area (Å²) in [5, 5.41) is 1.88. The van der Waals surface area contributed by atoms with E-state index in [-0.39, 0.29) is 4.90 Å². The van der Waals surface area contributed by atoms with E-state index in [1.54, 1.807) is 29.1 Å². The van der Waals surface area contributed by atoms with E-state index in [4.69, 9.17) is 4.74 Å². The van der Waals surface area contributed by atoms with E-state index in [1.807, 2.05) is 58.2 Å². The van der Waals surface area contributed by atoms with Crippen molar-refractivity contribution in [2.45, 2.75) is 38.2 Å². The fraction of sp³-hybridized carbons (Fsp3) is 0.258. The molecular weight excluding hydrogens is 540 g/mol. The molecule has 3 aromatic heterocycles. The molecule has 0 atom stereocenters. The molecular formula is C31H34N4O5S. The molecule has 0 saturated heterocycles. The van der Waals surface area contributed by atoms with Crippen LogP contribution in [0.2, 0.25) is 0 Å². The largest absolute Gasteiger partial charge is 0.744 e. The maximum atomic E-state index is 13.1. The first-order valence-corrected chi connectivity index (χ1v) is 14.4. The number of benzene rings is 2. The van der Waals surface area contributed by atoms with Crippen molar-refractivity contribution in [3.8, 4) is 11.1 Å². The normalized spacial score (nSPS) is 12.2. The van der Waals surface area contributed by atoms with Gasteiger partial charge in [0.1, 0.15) is 15.7 Å². The molecule has 0 fully saturated rings. The van der Waals surface area contributed by atoms with E-state index in [1.165, 1.54) is 12.1 Å². The van der Waals surface area contributed by atoms with Gasteiger partial charge in [0.05, 0.1) is 37.1 Å². The minimum Gasteiger partial charge on any atom is -0.744 e. The summed E-state index contributed by atoms with van der Waals surface area (Å²) in [4.78, 5) is 21.7. The van der Waals surface area contributed by atoms with Crippen molar-refractivity contribution in [3.05, 3.63) is 84.8 Å². The predicted molar refractivity (Wildman–Crippen MR) is 161 cm³/mol. The summed E-state index contributed by atoms with van der Waals surface area (Å²) in [5.41, 5.74) is 3.90. The molecule has 2 aromatic carbocycles. The Morgan fingerprint density at radius 2 is 1.54 bits per heavy atom. The summed E-state index contributed by atoms with van der Waals surface area (Å²) in [6.45, 7) is 7.42. The Labute approximate surface area is 240 Å². The number of ether oxygens (including phenoxy) is 1. The van der Waals surface area contributed by atoms with E-state index in [0.717, 1.165) is 44.3 Å². The monoisotopic (exact) mass is 574 g/mol. The minimum atomic E-state index is -4.27. The number of fused-ring (bicyclic) bond motifs is 3. The Hall–Kier alpha value is -4.12. The number of carbonyl (C=O) groups excluding carboxylic acids is 1. The average molecular weight is 575 g/mol. The topological polar surface area (TPSA) is 114 Å². The Bertz CT molecular complexity index is 1810. The summed E-state index contributed by atoms with van der Waals surface area (Å²) >= 11 is 0. The van der Waals surface area contributed by atoms with Crippen molar-refractivity contribution >= 4 is 43.8 Å². The molecule has 0 saturated carbocycles. The molecule has 3 heterocycles. The summed E-state index contributed by atoms with van der Waals surface area (Å²) in [6.07, 6.45) is 4.96. The van der Waals surface area contributed by atoms with Crippen LogP contribution in [0.25, 0.3) is 32.9 Å². The summed E-state index contributed by atoms with van der Waals surface area (Å²) in [6, 6.07) is 17.8. The van der Waals surface area contributed by atoms with Gasteiger partial charge in [-0.3, -0.25) is 9.47 Å². The van der Waals surface area contributed by atoms with Crippen molar-refractivity contribution in [3.63, 3.8) is 0 Å². The summed E-state index contributed by atoms with van der Waals surface area (Å²) < 4.78 is 39.1. The standard InChI is InChI=1S/C24H27N4O2.C7H8O3S/c1-24(2,3)30-23(29)27-20-11-12-25-15-19(20)18-9-7-16(13-21(18)27)17-8-10-22(26-14-17)28(4,5)6;1-6-2-4-7(5-3-6)11(8,9)10/h7-15H,1-6H3;2-5H,1H3,(H,8,9,10)/q+1;/p-1. The number of hydrogen-bond donors (Lipinski definition) is 0. The van der Waals surface area contributed by atoms with Crippen LogP contribution >= 0.6 is 0 Å². The summed E-state index contributed by atoms with van der Waals surface area (Å²) in [5.74, 6) is 0.980. The molecule has 214 valence electrons. The van der Waals surface area contributed by atoms with E-state index in [9.17, 15) is 17.8 Å². The first kappa shape index (κ1) is 29.9. The van der Waals surface area contributed by atoms with Gasteiger partial charge in [0, 0.05) is 41.0 Å². The highest BCUT2D eigenvalue weighted by Crippen LogP contribution is 2.33. The molecule has 0 bridgehead atoms. The van der Waals surface area contributed by atoms with Crippen molar-refractivity contribution in [1.82, 2.24) is 19.0 Å². The zero-order valence-corrected chi connectivity index (χ0v) is 25.1. The van der Waals surface area contributed by atoms with E-state index < -0.39 is 21.8 Å². The van der Waals surface area contributed by atoms with Crippen LogP contribution in [0.15, 0.2) is 84.1 Å². The quantitative estimate of drug-likeness (QED) is 0.188. The molecule has 41 heavy (non-hydrogen) atoms. The second-order valence-electron chi connectivity index (χ2n) is 11.6. The number of pyridine rings is 2. The fourth-order valence-corrected chi connectivity index (χ4v) is 4.68. The Balaban J connectivity index is 0.000000296. The lowest BCUT2D eigenvalue weighted by molar-refractivity contribution is 0.0551. The van der Waals surface area contributed by atoms with Gasteiger partial charge in [0.25, 0.3) is 0 Å². The Morgan fingerprint density at radius 3 is 2.10 bits per heavy atom. The number of nitrogens with zero attached hydrogens (tertiary/aromatic N) is 4. The van der Waals surface area contributed by atoms with Crippen LogP contribution in [0.1, 0.15) is 26.3 Å². The minimum absolute atomic E-state index is 0.178. The van der Waals surface area contributed by atoms with Gasteiger partial charge in [-0.2, -0.15) is 0 Å². The van der Waals surface area contributed by atoms with Crippen molar-refractivity contribution < 1.29 is 22.5 Å². The Kier molecular flexibility index (Phi) is 8.04. The van der Waals surface area contributed by atoms with Gasteiger partial charge in [-0.05, 0) is 63.6 Å². The average Bonchev–Trinajstić information content (AvgIpc) is 3.21. The Morgan fingerprint density at radius 1 is 0.878 bits per heavy atom. The van der Waals surface area contributed by atoms with Crippen LogP contribution in [0.3, 0.4) is 0 Å². The van der Waals surface area contributed by atoms with Gasteiger partial charge >= 0.3 is 6.09 Å². The molecule has 0 radical (unpaired) electrons. The van der Waals surface area contributed by atoms with Crippen molar-refractivity contribution in [1.29, 1.82) is 0 Å². The number of carbonyl (C=O) groups is 1. The lowest BCUT2D eigenvalue weighted by Gasteiger charge is -2.21. The maximum Gasteiger partial charge on any atom is 0.419 e. The van der Waals surface area contributed by atoms with Crippen LogP contribution < -0.4 is 4.48 Å². The van der Waals surface area contributed by atoms with Gasteiger partial charge in [-0.15, -0.1) is 0 Å². The first-order chi connectivity index (χ1) is 19.0. The highest BCUT2D eigenvalue weighted by atomic mass is 32.2. The van der Waals surface area contributed by atoms with Crippen molar-refractivity contribution in [2.24, 2.45) is 0 Å². The molecule has 0 N–H and O–H groups in total. The number of hydrogen-bond acceptors (Lipinski definition) is 7. The van der Waals surface area contributed by atoms with E-state index >= 15 is 0 Å². The molecule has 0 aliphatic rings. The van der Waals surface area contributed by atoms with Gasteiger partial charge in [-0.25, -0.2) is 22.8 Å². The highest BCUT2D eigenvalue weighted by molar-refractivity contribution is 7.85. The third-order valence-corrected chi connectivity index (χ3v) is 7.07. The molecule has 9 nitrogen and oxygen atoms in total. The highest BCUT2D eigenvalue weighted by Gasteiger charge is 2.23. The van der Waals surface area contributed by atoms with E-state index in [2.05, 4.69) is 43.2 Å². The SMILES string of the molecule is CC(C)(C)OC(=O)n1c2ccncc2c2ccc(-c3ccc([N+](C)(C)C)nc3)cc21.Cc1ccc(S(=O)(=O)[O-])cc1. The number of aromatic nitrogens is 3. The number of rotatable bonds is 3. The van der Waals surface area contributed by atoms with Crippen LogP contribution in [0.4, 0.5) is 10.6 Å². The molecule has 0 aliphatic heterocycles. The predicted octanol–water partition coefficient (Wildman–Crippen LogP) is 6.13. The lowest BCUT2D eigenvalue weighted by Crippen LogP contribution is -2.35. The zero-order valence-electron chi connectivity index (χ0n) is 24.2. The fourth-order valence-electron chi connectivity index (χ4n) is 4.21. The second kappa shape index (κ2) is 11.0. The van der Waals surface area contributed by atoms with Crippen LogP contribution in [0.5, 0.6) is 0 Å². The maximum absolute atomic E-state index is 13.1. The van der Waals surface area contributed by atoms with Crippen molar-refractivity contribution in [2.75, 3.05) is 21.1 Å². The number of quaternary nitrogens is 1. The van der Waals surface area contributed by atoms with E-state index in [0.29, 0.717) is 4.48 Å².